The zero-order valence-corrected chi connectivity index (χ0v) is 10.6. The van der Waals surface area contributed by atoms with Crippen LogP contribution in [0.2, 0.25) is 0 Å². The second kappa shape index (κ2) is 6.96. The van der Waals surface area contributed by atoms with E-state index >= 15 is 0 Å². The average Bonchev–Trinajstić information content (AvgIpc) is 2.37. The third-order valence-corrected chi connectivity index (χ3v) is 2.73. The highest BCUT2D eigenvalue weighted by atomic mass is 19.1. The van der Waals surface area contributed by atoms with Gasteiger partial charge in [0.2, 0.25) is 0 Å². The Morgan fingerprint density at radius 2 is 2.17 bits per heavy atom. The average molecular weight is 255 g/mol. The summed E-state index contributed by atoms with van der Waals surface area (Å²) < 4.78 is 23.1. The summed E-state index contributed by atoms with van der Waals surface area (Å²) in [6, 6.07) is 4.14. The number of hydrogen-bond acceptors (Lipinski definition) is 4. The zero-order chi connectivity index (χ0) is 13.5. The first kappa shape index (κ1) is 14.4. The minimum Gasteiger partial charge on any atom is -0.497 e. The first-order chi connectivity index (χ1) is 8.58. The van der Waals surface area contributed by atoms with Crippen molar-refractivity contribution in [3.8, 4) is 5.75 Å². The van der Waals surface area contributed by atoms with E-state index in [1.54, 1.807) is 12.1 Å². The highest BCUT2D eigenvalue weighted by Crippen LogP contribution is 2.23. The zero-order valence-electron chi connectivity index (χ0n) is 10.6. The largest absolute Gasteiger partial charge is 0.497 e. The van der Waals surface area contributed by atoms with E-state index < -0.39 is 6.04 Å². The Labute approximate surface area is 106 Å². The Bertz CT molecular complexity index is 409. The standard InChI is InChI=1S/C13H18FNO3/c1-17-9-6-7-10(11(14)8-9)12(15)4-3-5-13(16)18-2/h6-8,12H,3-5,15H2,1-2H3. The van der Waals surface area contributed by atoms with Gasteiger partial charge in [0, 0.05) is 24.1 Å². The van der Waals surface area contributed by atoms with Gasteiger partial charge in [0.1, 0.15) is 11.6 Å². The van der Waals surface area contributed by atoms with E-state index in [1.807, 2.05) is 0 Å². The maximum Gasteiger partial charge on any atom is 0.305 e. The summed E-state index contributed by atoms with van der Waals surface area (Å²) in [5.74, 6) is -0.213. The molecular weight excluding hydrogens is 237 g/mol. The predicted molar refractivity (Wildman–Crippen MR) is 65.7 cm³/mol. The minimum absolute atomic E-state index is 0.280. The fraction of sp³-hybridized carbons (Fsp3) is 0.462. The van der Waals surface area contributed by atoms with Crippen molar-refractivity contribution < 1.29 is 18.7 Å². The van der Waals surface area contributed by atoms with Crippen LogP contribution in [-0.2, 0) is 9.53 Å². The number of benzene rings is 1. The summed E-state index contributed by atoms with van der Waals surface area (Å²) in [5, 5.41) is 0. The van der Waals surface area contributed by atoms with E-state index in [2.05, 4.69) is 4.74 Å². The van der Waals surface area contributed by atoms with Gasteiger partial charge in [0.25, 0.3) is 0 Å². The summed E-state index contributed by atoms with van der Waals surface area (Å²) in [5.41, 5.74) is 6.31. The molecule has 0 radical (unpaired) electrons. The molecule has 0 amide bonds. The molecule has 18 heavy (non-hydrogen) atoms. The molecule has 0 saturated heterocycles. The Morgan fingerprint density at radius 1 is 1.44 bits per heavy atom. The lowest BCUT2D eigenvalue weighted by Crippen LogP contribution is -2.13. The van der Waals surface area contributed by atoms with Gasteiger partial charge >= 0.3 is 5.97 Å². The van der Waals surface area contributed by atoms with Crippen molar-refractivity contribution in [1.29, 1.82) is 0 Å². The molecule has 4 nitrogen and oxygen atoms in total. The summed E-state index contributed by atoms with van der Waals surface area (Å²) in [6.07, 6.45) is 1.39. The van der Waals surface area contributed by atoms with Crippen LogP contribution in [0.5, 0.6) is 5.75 Å². The van der Waals surface area contributed by atoms with Gasteiger partial charge in [-0.05, 0) is 18.9 Å². The number of esters is 1. The molecule has 1 aromatic carbocycles. The van der Waals surface area contributed by atoms with Crippen LogP contribution in [0.4, 0.5) is 4.39 Å². The third-order valence-electron chi connectivity index (χ3n) is 2.73. The molecule has 0 saturated carbocycles. The molecule has 5 heteroatoms. The van der Waals surface area contributed by atoms with Gasteiger partial charge in [-0.3, -0.25) is 4.79 Å². The Balaban J connectivity index is 2.56. The molecule has 1 unspecified atom stereocenters. The summed E-state index contributed by atoms with van der Waals surface area (Å²) in [4.78, 5) is 10.9. The SMILES string of the molecule is COC(=O)CCCC(N)c1ccc(OC)cc1F. The van der Waals surface area contributed by atoms with Crippen LogP contribution in [0.3, 0.4) is 0 Å². The Morgan fingerprint density at radius 3 is 2.72 bits per heavy atom. The molecule has 0 aliphatic heterocycles. The number of hydrogen-bond donors (Lipinski definition) is 1. The lowest BCUT2D eigenvalue weighted by Gasteiger charge is -2.13. The van der Waals surface area contributed by atoms with Crippen molar-refractivity contribution >= 4 is 5.97 Å². The number of methoxy groups -OCH3 is 2. The molecule has 0 fully saturated rings. The van der Waals surface area contributed by atoms with E-state index in [4.69, 9.17) is 10.5 Å². The fourth-order valence-corrected chi connectivity index (χ4v) is 1.66. The second-order valence-corrected chi connectivity index (χ2v) is 3.96. The van der Waals surface area contributed by atoms with Crippen molar-refractivity contribution in [2.75, 3.05) is 14.2 Å². The normalized spacial score (nSPS) is 12.0. The van der Waals surface area contributed by atoms with Crippen molar-refractivity contribution in [3.63, 3.8) is 0 Å². The monoisotopic (exact) mass is 255 g/mol. The van der Waals surface area contributed by atoms with Crippen LogP contribution in [-0.4, -0.2) is 20.2 Å². The van der Waals surface area contributed by atoms with E-state index in [9.17, 15) is 9.18 Å². The smallest absolute Gasteiger partial charge is 0.305 e. The summed E-state index contributed by atoms with van der Waals surface area (Å²) in [7, 11) is 2.82. The Hall–Kier alpha value is -1.62. The van der Waals surface area contributed by atoms with Gasteiger partial charge in [-0.2, -0.15) is 0 Å². The molecule has 0 aliphatic carbocycles. The summed E-state index contributed by atoms with van der Waals surface area (Å²) in [6.45, 7) is 0. The van der Waals surface area contributed by atoms with E-state index in [0.29, 0.717) is 30.6 Å². The highest BCUT2D eigenvalue weighted by Gasteiger charge is 2.13. The topological polar surface area (TPSA) is 61.5 Å². The van der Waals surface area contributed by atoms with Gasteiger partial charge in [0.05, 0.1) is 14.2 Å². The molecule has 0 bridgehead atoms. The number of carbonyl (C=O) groups is 1. The van der Waals surface area contributed by atoms with E-state index in [-0.39, 0.29) is 11.8 Å². The number of ether oxygens (including phenoxy) is 2. The van der Waals surface area contributed by atoms with Gasteiger partial charge in [0.15, 0.2) is 0 Å². The molecule has 2 N–H and O–H groups in total. The molecular formula is C13H18FNO3. The summed E-state index contributed by atoms with van der Waals surface area (Å²) >= 11 is 0. The third kappa shape index (κ3) is 4.00. The first-order valence-electron chi connectivity index (χ1n) is 5.74. The quantitative estimate of drug-likeness (QED) is 0.791. The maximum atomic E-state index is 13.7. The van der Waals surface area contributed by atoms with Crippen molar-refractivity contribution in [1.82, 2.24) is 0 Å². The lowest BCUT2D eigenvalue weighted by molar-refractivity contribution is -0.140. The molecule has 1 atom stereocenters. The second-order valence-electron chi connectivity index (χ2n) is 3.96. The molecule has 0 aliphatic rings. The number of nitrogens with two attached hydrogens (primary N) is 1. The number of halogens is 1. The van der Waals surface area contributed by atoms with Crippen LogP contribution < -0.4 is 10.5 Å². The minimum atomic E-state index is -0.430. The number of carbonyl (C=O) groups excluding carboxylic acids is 1. The van der Waals surface area contributed by atoms with Crippen LogP contribution in [0.15, 0.2) is 18.2 Å². The number of rotatable bonds is 6. The Kier molecular flexibility index (Phi) is 5.58. The molecule has 0 spiro atoms. The fourth-order valence-electron chi connectivity index (χ4n) is 1.66. The molecule has 100 valence electrons. The first-order valence-corrected chi connectivity index (χ1v) is 5.74. The van der Waals surface area contributed by atoms with Gasteiger partial charge in [-0.25, -0.2) is 4.39 Å². The highest BCUT2D eigenvalue weighted by molar-refractivity contribution is 5.69. The van der Waals surface area contributed by atoms with E-state index in [0.717, 1.165) is 0 Å². The van der Waals surface area contributed by atoms with Crippen LogP contribution >= 0.6 is 0 Å². The molecule has 0 heterocycles. The van der Waals surface area contributed by atoms with Crippen LogP contribution in [0.1, 0.15) is 30.9 Å². The van der Waals surface area contributed by atoms with Crippen molar-refractivity contribution in [2.24, 2.45) is 5.73 Å². The predicted octanol–water partition coefficient (Wildman–Crippen LogP) is 2.18. The molecule has 1 rings (SSSR count). The maximum absolute atomic E-state index is 13.7. The molecule has 1 aromatic rings. The van der Waals surface area contributed by atoms with Crippen LogP contribution in [0.25, 0.3) is 0 Å². The van der Waals surface area contributed by atoms with Crippen molar-refractivity contribution in [2.45, 2.75) is 25.3 Å². The van der Waals surface area contributed by atoms with Crippen LogP contribution in [0, 0.1) is 5.82 Å². The van der Waals surface area contributed by atoms with Gasteiger partial charge in [-0.1, -0.05) is 6.07 Å². The van der Waals surface area contributed by atoms with Gasteiger partial charge < -0.3 is 15.2 Å². The lowest BCUT2D eigenvalue weighted by atomic mass is 10.0. The van der Waals surface area contributed by atoms with E-state index in [1.165, 1.54) is 20.3 Å². The van der Waals surface area contributed by atoms with Gasteiger partial charge in [-0.15, -0.1) is 0 Å². The van der Waals surface area contributed by atoms with Crippen molar-refractivity contribution in [3.05, 3.63) is 29.6 Å². The molecule has 0 aromatic heterocycles.